The molecule has 1 unspecified atom stereocenters. The van der Waals surface area contributed by atoms with Gasteiger partial charge in [-0.25, -0.2) is 0 Å². The third kappa shape index (κ3) is 5.68. The highest BCUT2D eigenvalue weighted by atomic mass is 16.5. The first kappa shape index (κ1) is 14.5. The van der Waals surface area contributed by atoms with Crippen LogP contribution in [0.3, 0.4) is 0 Å². The highest BCUT2D eigenvalue weighted by Crippen LogP contribution is 2.11. The van der Waals surface area contributed by atoms with Crippen LogP contribution >= 0.6 is 0 Å². The second kappa shape index (κ2) is 7.71. The van der Waals surface area contributed by atoms with Crippen molar-refractivity contribution in [1.82, 2.24) is 5.32 Å². The maximum Gasteiger partial charge on any atom is 0.220 e. The number of methoxy groups -OCH3 is 1. The zero-order valence-corrected chi connectivity index (χ0v) is 11.0. The van der Waals surface area contributed by atoms with E-state index < -0.39 is 0 Å². The number of hydrogen-bond donors (Lipinski definition) is 2. The van der Waals surface area contributed by atoms with Crippen molar-refractivity contribution in [3.8, 4) is 5.75 Å². The summed E-state index contributed by atoms with van der Waals surface area (Å²) in [5.74, 6) is 0.827. The minimum Gasteiger partial charge on any atom is -0.497 e. The van der Waals surface area contributed by atoms with Gasteiger partial charge in [-0.1, -0.05) is 12.1 Å². The van der Waals surface area contributed by atoms with Crippen LogP contribution in [0.2, 0.25) is 0 Å². The highest BCUT2D eigenvalue weighted by molar-refractivity contribution is 5.75. The maximum absolute atomic E-state index is 11.5. The van der Waals surface area contributed by atoms with Gasteiger partial charge < -0.3 is 15.2 Å². The predicted octanol–water partition coefficient (Wildman–Crippen LogP) is 1.86. The van der Waals surface area contributed by atoms with E-state index in [0.29, 0.717) is 25.8 Å². The average Bonchev–Trinajstić information content (AvgIpc) is 2.36. The summed E-state index contributed by atoms with van der Waals surface area (Å²) in [7, 11) is 1.62. The molecule has 0 bridgehead atoms. The number of aliphatic hydroxyl groups excluding tert-OH is 1. The molecule has 4 nitrogen and oxygen atoms in total. The van der Waals surface area contributed by atoms with Crippen LogP contribution in [-0.4, -0.2) is 24.2 Å². The minimum absolute atomic E-state index is 0.0199. The first-order chi connectivity index (χ1) is 8.61. The number of amides is 1. The van der Waals surface area contributed by atoms with Gasteiger partial charge in [0.1, 0.15) is 5.75 Å². The van der Waals surface area contributed by atoms with Crippen molar-refractivity contribution < 1.29 is 14.6 Å². The Hall–Kier alpha value is -1.55. The standard InChI is InChI=1S/C14H21NO3/c1-11(16)4-3-5-14(17)15-10-12-6-8-13(18-2)9-7-12/h6-9,11,16H,3-5,10H2,1-2H3,(H,15,17). The number of hydrogen-bond acceptors (Lipinski definition) is 3. The molecular formula is C14H21NO3. The lowest BCUT2D eigenvalue weighted by atomic mass is 10.1. The van der Waals surface area contributed by atoms with Crippen molar-refractivity contribution in [3.05, 3.63) is 29.8 Å². The van der Waals surface area contributed by atoms with Gasteiger partial charge in [-0.2, -0.15) is 0 Å². The van der Waals surface area contributed by atoms with Gasteiger partial charge in [0.25, 0.3) is 0 Å². The van der Waals surface area contributed by atoms with Crippen molar-refractivity contribution in [2.45, 2.75) is 38.8 Å². The van der Waals surface area contributed by atoms with Gasteiger partial charge in [0.15, 0.2) is 0 Å². The summed E-state index contributed by atoms with van der Waals surface area (Å²) in [5, 5.41) is 11.9. The van der Waals surface area contributed by atoms with Crippen molar-refractivity contribution >= 4 is 5.91 Å². The van der Waals surface area contributed by atoms with Crippen LogP contribution in [0, 0.1) is 0 Å². The van der Waals surface area contributed by atoms with E-state index in [9.17, 15) is 4.79 Å². The first-order valence-electron chi connectivity index (χ1n) is 6.19. The molecular weight excluding hydrogens is 230 g/mol. The molecule has 0 fully saturated rings. The summed E-state index contributed by atoms with van der Waals surface area (Å²) in [6.07, 6.45) is 1.50. The fourth-order valence-electron chi connectivity index (χ4n) is 1.59. The molecule has 0 saturated heterocycles. The number of nitrogens with one attached hydrogen (secondary N) is 1. The number of carbonyl (C=O) groups is 1. The van der Waals surface area contributed by atoms with E-state index in [0.717, 1.165) is 11.3 Å². The van der Waals surface area contributed by atoms with E-state index >= 15 is 0 Å². The monoisotopic (exact) mass is 251 g/mol. The second-order valence-corrected chi connectivity index (χ2v) is 4.37. The third-order valence-electron chi connectivity index (χ3n) is 2.67. The van der Waals surface area contributed by atoms with Gasteiger partial charge in [-0.05, 0) is 37.5 Å². The molecule has 0 aliphatic heterocycles. The topological polar surface area (TPSA) is 58.6 Å². The van der Waals surface area contributed by atoms with Crippen LogP contribution in [0.1, 0.15) is 31.7 Å². The Kier molecular flexibility index (Phi) is 6.22. The molecule has 1 amide bonds. The summed E-state index contributed by atoms with van der Waals surface area (Å²) < 4.78 is 5.06. The van der Waals surface area contributed by atoms with Crippen LogP contribution in [0.4, 0.5) is 0 Å². The summed E-state index contributed by atoms with van der Waals surface area (Å²) in [6.45, 7) is 2.26. The normalized spacial score (nSPS) is 11.9. The van der Waals surface area contributed by atoms with Crippen LogP contribution < -0.4 is 10.1 Å². The van der Waals surface area contributed by atoms with E-state index in [1.165, 1.54) is 0 Å². The summed E-state index contributed by atoms with van der Waals surface area (Å²) >= 11 is 0. The van der Waals surface area contributed by atoms with Gasteiger partial charge in [0.05, 0.1) is 13.2 Å². The molecule has 100 valence electrons. The zero-order valence-electron chi connectivity index (χ0n) is 11.0. The lowest BCUT2D eigenvalue weighted by molar-refractivity contribution is -0.121. The summed E-state index contributed by atoms with van der Waals surface area (Å²) in [6, 6.07) is 7.59. The Bertz CT molecular complexity index is 360. The number of carbonyl (C=O) groups excluding carboxylic acids is 1. The molecule has 4 heteroatoms. The van der Waals surface area contributed by atoms with Crippen LogP contribution in [0.25, 0.3) is 0 Å². The van der Waals surface area contributed by atoms with E-state index in [4.69, 9.17) is 9.84 Å². The zero-order chi connectivity index (χ0) is 13.4. The van der Waals surface area contributed by atoms with E-state index in [-0.39, 0.29) is 12.0 Å². The molecule has 1 aromatic carbocycles. The molecule has 0 radical (unpaired) electrons. The highest BCUT2D eigenvalue weighted by Gasteiger charge is 2.03. The Balaban J connectivity index is 2.24. The van der Waals surface area contributed by atoms with Crippen molar-refractivity contribution in [1.29, 1.82) is 0 Å². The molecule has 0 aromatic heterocycles. The van der Waals surface area contributed by atoms with Gasteiger partial charge in [0, 0.05) is 13.0 Å². The average molecular weight is 251 g/mol. The number of rotatable bonds is 7. The van der Waals surface area contributed by atoms with Crippen molar-refractivity contribution in [2.75, 3.05) is 7.11 Å². The Labute approximate surface area is 108 Å². The smallest absolute Gasteiger partial charge is 0.220 e. The fourth-order valence-corrected chi connectivity index (χ4v) is 1.59. The van der Waals surface area contributed by atoms with E-state index in [1.54, 1.807) is 14.0 Å². The third-order valence-corrected chi connectivity index (χ3v) is 2.67. The largest absolute Gasteiger partial charge is 0.497 e. The van der Waals surface area contributed by atoms with E-state index in [1.807, 2.05) is 24.3 Å². The molecule has 0 saturated carbocycles. The minimum atomic E-state index is -0.334. The second-order valence-electron chi connectivity index (χ2n) is 4.37. The molecule has 1 atom stereocenters. The molecule has 0 spiro atoms. The SMILES string of the molecule is COc1ccc(CNC(=O)CCCC(C)O)cc1. The maximum atomic E-state index is 11.5. The number of ether oxygens (including phenoxy) is 1. The quantitative estimate of drug-likeness (QED) is 0.777. The molecule has 18 heavy (non-hydrogen) atoms. The van der Waals surface area contributed by atoms with Crippen LogP contribution in [0.15, 0.2) is 24.3 Å². The van der Waals surface area contributed by atoms with Gasteiger partial charge >= 0.3 is 0 Å². The van der Waals surface area contributed by atoms with Crippen molar-refractivity contribution in [3.63, 3.8) is 0 Å². The van der Waals surface area contributed by atoms with Crippen molar-refractivity contribution in [2.24, 2.45) is 0 Å². The lowest BCUT2D eigenvalue weighted by Crippen LogP contribution is -2.22. The number of aliphatic hydroxyl groups is 1. The number of benzene rings is 1. The molecule has 0 aliphatic carbocycles. The Morgan fingerprint density at radius 3 is 2.61 bits per heavy atom. The molecule has 1 rings (SSSR count). The Morgan fingerprint density at radius 1 is 1.39 bits per heavy atom. The summed E-state index contributed by atoms with van der Waals surface area (Å²) in [4.78, 5) is 11.5. The fraction of sp³-hybridized carbons (Fsp3) is 0.500. The van der Waals surface area contributed by atoms with Crippen LogP contribution in [0.5, 0.6) is 5.75 Å². The molecule has 1 aromatic rings. The lowest BCUT2D eigenvalue weighted by Gasteiger charge is -2.07. The Morgan fingerprint density at radius 2 is 2.06 bits per heavy atom. The van der Waals surface area contributed by atoms with Gasteiger partial charge in [-0.3, -0.25) is 4.79 Å². The predicted molar refractivity (Wildman–Crippen MR) is 70.4 cm³/mol. The first-order valence-corrected chi connectivity index (χ1v) is 6.19. The van der Waals surface area contributed by atoms with Gasteiger partial charge in [0.2, 0.25) is 5.91 Å². The van der Waals surface area contributed by atoms with E-state index in [2.05, 4.69) is 5.32 Å². The summed E-state index contributed by atoms with van der Waals surface area (Å²) in [5.41, 5.74) is 1.04. The molecule has 0 aliphatic rings. The molecule has 2 N–H and O–H groups in total. The van der Waals surface area contributed by atoms with Gasteiger partial charge in [-0.15, -0.1) is 0 Å². The molecule has 0 heterocycles. The van der Waals surface area contributed by atoms with Crippen LogP contribution in [-0.2, 0) is 11.3 Å².